The van der Waals surface area contributed by atoms with E-state index in [1.54, 1.807) is 30.3 Å². The Bertz CT molecular complexity index is 1680. The molecule has 250 valence electrons. The van der Waals surface area contributed by atoms with Crippen molar-refractivity contribution in [3.63, 3.8) is 0 Å². The normalized spacial score (nSPS) is 12.7. The van der Waals surface area contributed by atoms with Crippen LogP contribution in [0.5, 0.6) is 5.75 Å². The van der Waals surface area contributed by atoms with E-state index in [1.165, 1.54) is 24.3 Å². The quantitative estimate of drug-likeness (QED) is 0.139. The molecule has 0 aliphatic heterocycles. The molecule has 0 bridgehead atoms. The van der Waals surface area contributed by atoms with Gasteiger partial charge >= 0.3 is 35.9 Å². The van der Waals surface area contributed by atoms with E-state index in [1.807, 2.05) is 36.6 Å². The van der Waals surface area contributed by atoms with E-state index in [9.17, 15) is 42.5 Å². The summed E-state index contributed by atoms with van der Waals surface area (Å²) in [7, 11) is 0. The number of alkyl halides is 3. The number of amides is 1. The molecule has 1 heterocycles. The van der Waals surface area contributed by atoms with Crippen molar-refractivity contribution in [3.05, 3.63) is 102 Å². The van der Waals surface area contributed by atoms with E-state index in [-0.39, 0.29) is 67.1 Å². The first-order valence-electron chi connectivity index (χ1n) is 15.0. The maximum Gasteiger partial charge on any atom is 1.00 e. The SMILES string of the molecule is CC(C)n1c(CC[C@@H](O)C[C@@H](O)CC(=O)[O-])c(-c2ccc(F)cc2)c(-c2ccccc2)c1C(=O)NCc1cccc(OC(F)(F)F)c1.[Na+]. The van der Waals surface area contributed by atoms with Gasteiger partial charge in [0.15, 0.2) is 0 Å². The van der Waals surface area contributed by atoms with Crippen LogP contribution in [-0.2, 0) is 17.8 Å². The van der Waals surface area contributed by atoms with E-state index in [0.717, 1.165) is 6.07 Å². The number of hydrogen-bond acceptors (Lipinski definition) is 6. The molecular weight excluding hydrogens is 643 g/mol. The van der Waals surface area contributed by atoms with Crippen LogP contribution in [0.2, 0.25) is 0 Å². The second kappa shape index (κ2) is 17.1. The minimum Gasteiger partial charge on any atom is -0.550 e. The van der Waals surface area contributed by atoms with Gasteiger partial charge in [0, 0.05) is 41.8 Å². The Morgan fingerprint density at radius 3 is 2.17 bits per heavy atom. The first-order chi connectivity index (χ1) is 22.2. The predicted octanol–water partition coefficient (Wildman–Crippen LogP) is 2.56. The van der Waals surface area contributed by atoms with Gasteiger partial charge in [-0.3, -0.25) is 4.79 Å². The van der Waals surface area contributed by atoms with Crippen LogP contribution in [0.1, 0.15) is 60.9 Å². The zero-order chi connectivity index (χ0) is 34.3. The molecule has 0 fully saturated rings. The third-order valence-electron chi connectivity index (χ3n) is 7.48. The second-order valence-electron chi connectivity index (χ2n) is 11.4. The van der Waals surface area contributed by atoms with Crippen molar-refractivity contribution in [2.75, 3.05) is 0 Å². The van der Waals surface area contributed by atoms with Crippen molar-refractivity contribution in [3.8, 4) is 28.0 Å². The van der Waals surface area contributed by atoms with E-state index in [0.29, 0.717) is 33.5 Å². The number of rotatable bonds is 14. The molecule has 48 heavy (non-hydrogen) atoms. The summed E-state index contributed by atoms with van der Waals surface area (Å²) in [5.41, 5.74) is 3.64. The van der Waals surface area contributed by atoms with Crippen LogP contribution < -0.4 is 44.7 Å². The number of aliphatic carboxylic acids is 1. The van der Waals surface area contributed by atoms with Crippen LogP contribution in [0.4, 0.5) is 17.6 Å². The van der Waals surface area contributed by atoms with Crippen molar-refractivity contribution in [2.45, 2.75) is 70.7 Å². The molecule has 0 unspecified atom stereocenters. The van der Waals surface area contributed by atoms with Gasteiger partial charge < -0.3 is 34.7 Å². The molecule has 0 aliphatic rings. The number of aliphatic hydroxyl groups excluding tert-OH is 2. The van der Waals surface area contributed by atoms with E-state index in [2.05, 4.69) is 10.1 Å². The molecule has 4 rings (SSSR count). The number of ether oxygens (including phenoxy) is 1. The van der Waals surface area contributed by atoms with Gasteiger partial charge in [-0.15, -0.1) is 13.2 Å². The van der Waals surface area contributed by atoms with Gasteiger partial charge in [-0.2, -0.15) is 0 Å². The molecule has 0 spiro atoms. The van der Waals surface area contributed by atoms with Gasteiger partial charge in [0.1, 0.15) is 17.3 Å². The van der Waals surface area contributed by atoms with Crippen LogP contribution in [-0.4, -0.2) is 45.2 Å². The van der Waals surface area contributed by atoms with Crippen LogP contribution in [0.3, 0.4) is 0 Å². The standard InChI is InChI=1S/C35H36F4N2O6.Na/c1-21(2)41-29(16-15-26(42)18-27(43)19-30(44)45)31(24-11-13-25(36)14-12-24)32(23-8-4-3-5-9-23)33(41)34(46)40-20-22-7-6-10-28(17-22)47-35(37,38)39;/h3-14,17,21,26-27,42-43H,15-16,18-20H2,1-2H3,(H,40,46)(H,44,45);/q;+1/p-1/t26-,27-;/m1./s1. The summed E-state index contributed by atoms with van der Waals surface area (Å²) >= 11 is 0. The van der Waals surface area contributed by atoms with Crippen LogP contribution in [0, 0.1) is 5.82 Å². The van der Waals surface area contributed by atoms with E-state index < -0.39 is 48.4 Å². The Morgan fingerprint density at radius 2 is 1.56 bits per heavy atom. The van der Waals surface area contributed by atoms with Crippen LogP contribution >= 0.6 is 0 Å². The molecule has 8 nitrogen and oxygen atoms in total. The second-order valence-corrected chi connectivity index (χ2v) is 11.4. The molecule has 3 N–H and O–H groups in total. The minimum atomic E-state index is -4.88. The number of carbonyl (C=O) groups excluding carboxylic acids is 2. The number of aliphatic hydroxyl groups is 2. The number of benzene rings is 3. The molecule has 13 heteroatoms. The topological polar surface area (TPSA) is 124 Å². The number of nitrogens with zero attached hydrogens (tertiary/aromatic N) is 1. The van der Waals surface area contributed by atoms with Gasteiger partial charge in [-0.05, 0) is 74.1 Å². The molecule has 1 amide bonds. The van der Waals surface area contributed by atoms with Gasteiger partial charge in [-0.25, -0.2) is 4.39 Å². The average molecular weight is 679 g/mol. The number of halogens is 4. The molecule has 0 radical (unpaired) electrons. The third kappa shape index (κ3) is 10.4. The zero-order valence-electron chi connectivity index (χ0n) is 26.8. The fraction of sp³-hybridized carbons (Fsp3) is 0.314. The van der Waals surface area contributed by atoms with E-state index in [4.69, 9.17) is 0 Å². The van der Waals surface area contributed by atoms with Gasteiger partial charge in [0.2, 0.25) is 0 Å². The molecule has 0 aliphatic carbocycles. The smallest absolute Gasteiger partial charge is 0.550 e. The average Bonchev–Trinajstić information content (AvgIpc) is 3.34. The number of carboxylic acid groups (broad SMARTS) is 1. The van der Waals surface area contributed by atoms with Gasteiger partial charge in [0.05, 0.1) is 12.2 Å². The third-order valence-corrected chi connectivity index (χ3v) is 7.48. The van der Waals surface area contributed by atoms with Crippen molar-refractivity contribution >= 4 is 11.9 Å². The Labute approximate surface area is 297 Å². The van der Waals surface area contributed by atoms with Crippen molar-refractivity contribution in [2.24, 2.45) is 0 Å². The summed E-state index contributed by atoms with van der Waals surface area (Å²) in [5.74, 6) is -2.87. The minimum absolute atomic E-state index is 0. The van der Waals surface area contributed by atoms with Crippen LogP contribution in [0.15, 0.2) is 78.9 Å². The summed E-state index contributed by atoms with van der Waals surface area (Å²) < 4.78 is 58.3. The molecule has 0 saturated heterocycles. The van der Waals surface area contributed by atoms with Gasteiger partial charge in [0.25, 0.3) is 5.91 Å². The fourth-order valence-corrected chi connectivity index (χ4v) is 5.62. The van der Waals surface area contributed by atoms with Crippen molar-refractivity contribution in [1.29, 1.82) is 0 Å². The molecule has 2 atom stereocenters. The maximum atomic E-state index is 14.1. The van der Waals surface area contributed by atoms with Gasteiger partial charge in [-0.1, -0.05) is 54.6 Å². The Hall–Kier alpha value is -3.68. The fourth-order valence-electron chi connectivity index (χ4n) is 5.62. The Morgan fingerprint density at radius 1 is 0.917 bits per heavy atom. The molecule has 1 aromatic heterocycles. The number of aromatic nitrogens is 1. The van der Waals surface area contributed by atoms with Crippen molar-refractivity contribution in [1.82, 2.24) is 9.88 Å². The summed E-state index contributed by atoms with van der Waals surface area (Å²) in [6.45, 7) is 3.60. The molecule has 3 aromatic carbocycles. The number of carbonyl (C=O) groups is 2. The first-order valence-corrected chi connectivity index (χ1v) is 15.0. The summed E-state index contributed by atoms with van der Waals surface area (Å²) in [6, 6.07) is 19.7. The summed E-state index contributed by atoms with van der Waals surface area (Å²) in [5, 5.41) is 34.5. The largest absolute Gasteiger partial charge is 1.00 e. The molecule has 4 aromatic rings. The predicted molar refractivity (Wildman–Crippen MR) is 165 cm³/mol. The molecular formula is C35H35F4N2NaO6. The zero-order valence-corrected chi connectivity index (χ0v) is 28.8. The number of nitrogens with one attached hydrogen (secondary N) is 1. The first kappa shape index (κ1) is 38.8. The monoisotopic (exact) mass is 678 g/mol. The summed E-state index contributed by atoms with van der Waals surface area (Å²) in [6.07, 6.45) is -7.85. The van der Waals surface area contributed by atoms with Crippen molar-refractivity contribution < 1.29 is 76.8 Å². The summed E-state index contributed by atoms with van der Waals surface area (Å²) in [4.78, 5) is 25.0. The molecule has 0 saturated carbocycles. The number of carboxylic acids is 1. The maximum absolute atomic E-state index is 14.1. The van der Waals surface area contributed by atoms with Crippen LogP contribution in [0.25, 0.3) is 22.3 Å². The number of hydrogen-bond donors (Lipinski definition) is 3. The Balaban J connectivity index is 0.00000625. The Kier molecular flexibility index (Phi) is 13.8. The van der Waals surface area contributed by atoms with E-state index >= 15 is 0 Å².